The van der Waals surface area contributed by atoms with Crippen LogP contribution in [0.5, 0.6) is 0 Å². The zero-order chi connectivity index (χ0) is 12.4. The Kier molecular flexibility index (Phi) is 3.47. The fraction of sp³-hybridized carbons (Fsp3) is 0.417. The van der Waals surface area contributed by atoms with Crippen LogP contribution in [0.2, 0.25) is 0 Å². The molecule has 17 heavy (non-hydrogen) atoms. The van der Waals surface area contributed by atoms with Gasteiger partial charge in [0.1, 0.15) is 0 Å². The molecule has 1 heterocycles. The number of carboxylic acid groups (broad SMARTS) is 1. The van der Waals surface area contributed by atoms with Crippen LogP contribution in [-0.2, 0) is 0 Å². The third kappa shape index (κ3) is 2.34. The second-order valence-corrected chi connectivity index (χ2v) is 5.33. The van der Waals surface area contributed by atoms with Gasteiger partial charge in [-0.2, -0.15) is 11.8 Å². The van der Waals surface area contributed by atoms with Crippen molar-refractivity contribution in [1.29, 1.82) is 0 Å². The van der Waals surface area contributed by atoms with Gasteiger partial charge >= 0.3 is 5.97 Å². The van der Waals surface area contributed by atoms with E-state index in [9.17, 15) is 9.90 Å². The summed E-state index contributed by atoms with van der Waals surface area (Å²) in [6.45, 7) is 0. The maximum Gasteiger partial charge on any atom is 0.337 e. The van der Waals surface area contributed by atoms with Gasteiger partial charge in [-0.05, 0) is 24.3 Å². The molecule has 1 aliphatic rings. The molecule has 0 amide bonds. The summed E-state index contributed by atoms with van der Waals surface area (Å²) in [7, 11) is 1.93. The molecule has 1 aromatic carbocycles. The summed E-state index contributed by atoms with van der Waals surface area (Å²) in [6, 6.07) is 5.41. The Hall–Kier alpha value is -1.36. The van der Waals surface area contributed by atoms with Gasteiger partial charge in [-0.3, -0.25) is 0 Å². The van der Waals surface area contributed by atoms with E-state index < -0.39 is 5.97 Å². The molecule has 92 valence electrons. The standard InChI is InChI=1S/C12H16N2O2S/c1-14(8-5-6-17-7-8)11-9(12(15)16)3-2-4-10(11)13/h2-4,8H,5-7,13H2,1H3,(H,15,16). The highest BCUT2D eigenvalue weighted by molar-refractivity contribution is 7.99. The van der Waals surface area contributed by atoms with Gasteiger partial charge < -0.3 is 15.7 Å². The van der Waals surface area contributed by atoms with Crippen molar-refractivity contribution in [2.45, 2.75) is 12.5 Å². The fourth-order valence-electron chi connectivity index (χ4n) is 2.14. The highest BCUT2D eigenvalue weighted by Crippen LogP contribution is 2.32. The fourth-order valence-corrected chi connectivity index (χ4v) is 3.41. The third-order valence-electron chi connectivity index (χ3n) is 3.10. The molecule has 1 fully saturated rings. The molecular formula is C12H16N2O2S. The van der Waals surface area contributed by atoms with E-state index in [0.717, 1.165) is 17.9 Å². The quantitative estimate of drug-likeness (QED) is 0.804. The molecule has 0 aromatic heterocycles. The minimum atomic E-state index is -0.926. The number of aromatic carboxylic acids is 1. The first-order chi connectivity index (χ1) is 8.11. The van der Waals surface area contributed by atoms with Crippen molar-refractivity contribution < 1.29 is 9.90 Å². The second kappa shape index (κ2) is 4.87. The highest BCUT2D eigenvalue weighted by atomic mass is 32.2. The van der Waals surface area contributed by atoms with Crippen molar-refractivity contribution >= 4 is 29.1 Å². The number of carbonyl (C=O) groups is 1. The molecule has 1 aliphatic heterocycles. The summed E-state index contributed by atoms with van der Waals surface area (Å²) < 4.78 is 0. The Morgan fingerprint density at radius 1 is 1.59 bits per heavy atom. The lowest BCUT2D eigenvalue weighted by molar-refractivity contribution is 0.0697. The molecule has 0 saturated carbocycles. The van der Waals surface area contributed by atoms with Crippen LogP contribution < -0.4 is 10.6 Å². The average Bonchev–Trinajstić information content (AvgIpc) is 2.81. The lowest BCUT2D eigenvalue weighted by atomic mass is 10.1. The summed E-state index contributed by atoms with van der Waals surface area (Å²) >= 11 is 1.90. The molecule has 5 heteroatoms. The van der Waals surface area contributed by atoms with Crippen LogP contribution >= 0.6 is 11.8 Å². The first-order valence-electron chi connectivity index (χ1n) is 5.53. The Labute approximate surface area is 105 Å². The number of nitrogens with zero attached hydrogens (tertiary/aromatic N) is 1. The summed E-state index contributed by atoms with van der Waals surface area (Å²) in [4.78, 5) is 13.2. The van der Waals surface area contributed by atoms with E-state index in [4.69, 9.17) is 5.73 Å². The van der Waals surface area contributed by atoms with Crippen LogP contribution in [-0.4, -0.2) is 35.7 Å². The highest BCUT2D eigenvalue weighted by Gasteiger charge is 2.25. The number of thioether (sulfide) groups is 1. The van der Waals surface area contributed by atoms with Gasteiger partial charge in [0, 0.05) is 18.8 Å². The molecule has 1 saturated heterocycles. The van der Waals surface area contributed by atoms with Crippen molar-refractivity contribution in [3.05, 3.63) is 23.8 Å². The molecule has 0 spiro atoms. The van der Waals surface area contributed by atoms with Crippen molar-refractivity contribution in [3.8, 4) is 0 Å². The number of para-hydroxylation sites is 1. The van der Waals surface area contributed by atoms with Crippen molar-refractivity contribution in [2.75, 3.05) is 29.2 Å². The van der Waals surface area contributed by atoms with Gasteiger partial charge in [0.05, 0.1) is 16.9 Å². The van der Waals surface area contributed by atoms with Crippen molar-refractivity contribution in [2.24, 2.45) is 0 Å². The molecule has 3 N–H and O–H groups in total. The van der Waals surface area contributed by atoms with E-state index in [-0.39, 0.29) is 5.56 Å². The maximum atomic E-state index is 11.2. The van der Waals surface area contributed by atoms with Gasteiger partial charge in [0.15, 0.2) is 0 Å². The zero-order valence-corrected chi connectivity index (χ0v) is 10.5. The van der Waals surface area contributed by atoms with Crippen LogP contribution in [0.25, 0.3) is 0 Å². The zero-order valence-electron chi connectivity index (χ0n) is 9.72. The van der Waals surface area contributed by atoms with Crippen LogP contribution in [0.1, 0.15) is 16.8 Å². The summed E-state index contributed by atoms with van der Waals surface area (Å²) in [6.07, 6.45) is 1.08. The van der Waals surface area contributed by atoms with Gasteiger partial charge in [-0.15, -0.1) is 0 Å². The van der Waals surface area contributed by atoms with Crippen LogP contribution in [0, 0.1) is 0 Å². The summed E-state index contributed by atoms with van der Waals surface area (Å²) in [5.74, 6) is 1.23. The molecule has 1 unspecified atom stereocenters. The normalized spacial score (nSPS) is 19.2. The van der Waals surface area contributed by atoms with E-state index >= 15 is 0 Å². The number of anilines is 2. The number of carboxylic acids is 1. The van der Waals surface area contributed by atoms with E-state index in [2.05, 4.69) is 0 Å². The third-order valence-corrected chi connectivity index (χ3v) is 4.25. The number of nitrogens with two attached hydrogens (primary N) is 1. The minimum Gasteiger partial charge on any atom is -0.478 e. The van der Waals surface area contributed by atoms with E-state index in [1.165, 1.54) is 0 Å². The average molecular weight is 252 g/mol. The summed E-state index contributed by atoms with van der Waals surface area (Å²) in [5, 5.41) is 9.19. The molecule has 1 atom stereocenters. The number of nitrogen functional groups attached to an aromatic ring is 1. The lowest BCUT2D eigenvalue weighted by Gasteiger charge is -2.28. The topological polar surface area (TPSA) is 66.6 Å². The smallest absolute Gasteiger partial charge is 0.337 e. The van der Waals surface area contributed by atoms with Gasteiger partial charge in [0.2, 0.25) is 0 Å². The van der Waals surface area contributed by atoms with Gasteiger partial charge in [0.25, 0.3) is 0 Å². The van der Waals surface area contributed by atoms with Gasteiger partial charge in [-0.25, -0.2) is 4.79 Å². The molecule has 1 aromatic rings. The first-order valence-corrected chi connectivity index (χ1v) is 6.69. The van der Waals surface area contributed by atoms with Crippen molar-refractivity contribution in [3.63, 3.8) is 0 Å². The monoisotopic (exact) mass is 252 g/mol. The predicted molar refractivity (Wildman–Crippen MR) is 71.9 cm³/mol. The number of benzene rings is 1. The Bertz CT molecular complexity index is 431. The largest absolute Gasteiger partial charge is 0.478 e. The van der Waals surface area contributed by atoms with Crippen LogP contribution in [0.4, 0.5) is 11.4 Å². The van der Waals surface area contributed by atoms with Crippen LogP contribution in [0.3, 0.4) is 0 Å². The Morgan fingerprint density at radius 3 is 2.94 bits per heavy atom. The molecular weight excluding hydrogens is 236 g/mol. The molecule has 4 nitrogen and oxygen atoms in total. The summed E-state index contributed by atoms with van der Waals surface area (Å²) in [5.41, 5.74) is 7.38. The minimum absolute atomic E-state index is 0.282. The SMILES string of the molecule is CN(c1c(N)cccc1C(=O)O)C1CCSC1. The number of rotatable bonds is 3. The molecule has 0 radical (unpaired) electrons. The molecule has 0 bridgehead atoms. The number of hydrogen-bond acceptors (Lipinski definition) is 4. The molecule has 2 rings (SSSR count). The van der Waals surface area contributed by atoms with Gasteiger partial charge in [-0.1, -0.05) is 6.07 Å². The lowest BCUT2D eigenvalue weighted by Crippen LogP contribution is -2.33. The first kappa shape index (κ1) is 12.1. The maximum absolute atomic E-state index is 11.2. The Balaban J connectivity index is 2.38. The van der Waals surface area contributed by atoms with Crippen LogP contribution in [0.15, 0.2) is 18.2 Å². The number of hydrogen-bond donors (Lipinski definition) is 2. The second-order valence-electron chi connectivity index (χ2n) is 4.18. The van der Waals surface area contributed by atoms with Crippen molar-refractivity contribution in [1.82, 2.24) is 0 Å². The van der Waals surface area contributed by atoms with E-state index in [1.54, 1.807) is 18.2 Å². The molecule has 0 aliphatic carbocycles. The van der Waals surface area contributed by atoms with E-state index in [0.29, 0.717) is 17.4 Å². The van der Waals surface area contributed by atoms with E-state index in [1.807, 2.05) is 23.7 Å². The predicted octanol–water partition coefficient (Wildman–Crippen LogP) is 1.91. The Morgan fingerprint density at radius 2 is 2.35 bits per heavy atom.